The van der Waals surface area contributed by atoms with Gasteiger partial charge in [0.25, 0.3) is 5.91 Å². The van der Waals surface area contributed by atoms with E-state index in [1.165, 1.54) is 0 Å². The van der Waals surface area contributed by atoms with E-state index in [1.54, 1.807) is 31.4 Å². The smallest absolute Gasteiger partial charge is 0.252 e. The third kappa shape index (κ3) is 3.83. The van der Waals surface area contributed by atoms with Crippen molar-refractivity contribution in [1.82, 2.24) is 10.2 Å². The minimum Gasteiger partial charge on any atom is -0.497 e. The van der Waals surface area contributed by atoms with Crippen molar-refractivity contribution in [3.63, 3.8) is 0 Å². The summed E-state index contributed by atoms with van der Waals surface area (Å²) in [6.07, 6.45) is 0.00566. The van der Waals surface area contributed by atoms with Gasteiger partial charge in [-0.1, -0.05) is 0 Å². The van der Waals surface area contributed by atoms with Crippen LogP contribution >= 0.6 is 0 Å². The van der Waals surface area contributed by atoms with Gasteiger partial charge in [0.15, 0.2) is 0 Å². The summed E-state index contributed by atoms with van der Waals surface area (Å²) < 4.78 is 10.3. The monoisotopic (exact) mass is 332 g/mol. The number of nitrogens with one attached hydrogen (secondary N) is 2. The number of carbonyl (C=O) groups is 2. The molecule has 3 rings (SSSR count). The van der Waals surface area contributed by atoms with E-state index in [2.05, 4.69) is 15.6 Å². The zero-order chi connectivity index (χ0) is 16.9. The number of guanidine groups is 1. The summed E-state index contributed by atoms with van der Waals surface area (Å²) >= 11 is 0. The third-order valence-corrected chi connectivity index (χ3v) is 3.88. The first-order valence-electron chi connectivity index (χ1n) is 7.81. The summed E-state index contributed by atoms with van der Waals surface area (Å²) in [5.74, 6) is 0.738. The first kappa shape index (κ1) is 16.3. The number of amides is 2. The molecule has 2 heterocycles. The highest BCUT2D eigenvalue weighted by Gasteiger charge is 2.31. The van der Waals surface area contributed by atoms with E-state index in [0.717, 1.165) is 0 Å². The maximum Gasteiger partial charge on any atom is 0.252 e. The molecule has 1 aromatic carbocycles. The Hall–Kier alpha value is -2.61. The average molecular weight is 332 g/mol. The average Bonchev–Trinajstić information content (AvgIpc) is 2.97. The molecule has 8 nitrogen and oxygen atoms in total. The normalized spacial score (nSPS) is 20.4. The van der Waals surface area contributed by atoms with Crippen LogP contribution in [0, 0.1) is 0 Å². The van der Waals surface area contributed by atoms with Crippen molar-refractivity contribution in [1.29, 1.82) is 0 Å². The molecule has 128 valence electrons. The lowest BCUT2D eigenvalue weighted by Crippen LogP contribution is -2.46. The lowest BCUT2D eigenvalue weighted by molar-refractivity contribution is -0.124. The molecule has 0 unspecified atom stereocenters. The molecule has 0 radical (unpaired) electrons. The number of morpholine rings is 1. The highest BCUT2D eigenvalue weighted by atomic mass is 16.5. The van der Waals surface area contributed by atoms with E-state index in [1.807, 2.05) is 4.90 Å². The third-order valence-electron chi connectivity index (χ3n) is 3.88. The minimum absolute atomic E-state index is 0.00566. The number of rotatable bonds is 4. The second kappa shape index (κ2) is 7.31. The molecule has 1 fully saturated rings. The van der Waals surface area contributed by atoms with Crippen molar-refractivity contribution in [2.24, 2.45) is 4.99 Å². The summed E-state index contributed by atoms with van der Waals surface area (Å²) in [7, 11) is 1.58. The molecule has 2 aliphatic rings. The topological polar surface area (TPSA) is 92.3 Å². The predicted octanol–water partition coefficient (Wildman–Crippen LogP) is 0.210. The molecule has 24 heavy (non-hydrogen) atoms. The predicted molar refractivity (Wildman–Crippen MR) is 88.0 cm³/mol. The summed E-state index contributed by atoms with van der Waals surface area (Å²) in [5, 5.41) is 5.50. The van der Waals surface area contributed by atoms with Crippen molar-refractivity contribution in [2.75, 3.05) is 38.7 Å². The number of nitrogens with zero attached hydrogens (tertiary/aromatic N) is 2. The molecule has 1 atom stereocenters. The number of hydrogen-bond donors (Lipinski definition) is 2. The Bertz CT molecular complexity index is 638. The molecule has 8 heteroatoms. The second-order valence-corrected chi connectivity index (χ2v) is 5.54. The molecule has 2 N–H and O–H groups in total. The van der Waals surface area contributed by atoms with Gasteiger partial charge in [-0.2, -0.15) is 0 Å². The maximum atomic E-state index is 12.1. The second-order valence-electron chi connectivity index (χ2n) is 5.54. The fourth-order valence-electron chi connectivity index (χ4n) is 2.57. The number of aliphatic imine (C=N–C) groups is 1. The van der Waals surface area contributed by atoms with Gasteiger partial charge in [0.2, 0.25) is 11.9 Å². The van der Waals surface area contributed by atoms with Crippen LogP contribution in [-0.2, 0) is 14.3 Å². The molecule has 0 spiro atoms. The van der Waals surface area contributed by atoms with Crippen LogP contribution in [0.3, 0.4) is 0 Å². The summed E-state index contributed by atoms with van der Waals surface area (Å²) in [4.78, 5) is 30.5. The van der Waals surface area contributed by atoms with E-state index in [4.69, 9.17) is 9.47 Å². The van der Waals surface area contributed by atoms with Gasteiger partial charge in [-0.25, -0.2) is 4.99 Å². The molecular weight excluding hydrogens is 312 g/mol. The number of methoxy groups -OCH3 is 1. The molecule has 2 aliphatic heterocycles. The number of benzene rings is 1. The van der Waals surface area contributed by atoms with E-state index in [0.29, 0.717) is 43.7 Å². The zero-order valence-electron chi connectivity index (χ0n) is 13.4. The van der Waals surface area contributed by atoms with Gasteiger partial charge in [0.1, 0.15) is 11.8 Å². The molecule has 1 aromatic rings. The van der Waals surface area contributed by atoms with E-state index in [-0.39, 0.29) is 18.2 Å². The van der Waals surface area contributed by atoms with Crippen LogP contribution < -0.4 is 15.4 Å². The van der Waals surface area contributed by atoms with Crippen LogP contribution in [0.15, 0.2) is 29.3 Å². The lowest BCUT2D eigenvalue weighted by atomic mass is 10.2. The quantitative estimate of drug-likeness (QED) is 0.822. The molecule has 0 aromatic heterocycles. The Balaban J connectivity index is 1.56. The maximum absolute atomic E-state index is 12.1. The van der Waals surface area contributed by atoms with E-state index < -0.39 is 6.04 Å². The highest BCUT2D eigenvalue weighted by molar-refractivity contribution is 6.07. The Morgan fingerprint density at radius 1 is 1.38 bits per heavy atom. The van der Waals surface area contributed by atoms with Crippen LogP contribution in [0.4, 0.5) is 5.69 Å². The molecule has 1 saturated heterocycles. The van der Waals surface area contributed by atoms with Crippen LogP contribution in [-0.4, -0.2) is 62.1 Å². The highest BCUT2D eigenvalue weighted by Crippen LogP contribution is 2.16. The molecule has 0 saturated carbocycles. The first-order chi connectivity index (χ1) is 11.7. The largest absolute Gasteiger partial charge is 0.497 e. The molecule has 0 aliphatic carbocycles. The van der Waals surface area contributed by atoms with Crippen LogP contribution in [0.1, 0.15) is 6.42 Å². The van der Waals surface area contributed by atoms with Gasteiger partial charge >= 0.3 is 0 Å². The SMILES string of the molecule is COc1ccc(NC(=O)C[C@H]2N=C(N3CCOCC3)NC2=O)cc1. The Labute approximate surface area is 139 Å². The van der Waals surface area contributed by atoms with Crippen LogP contribution in [0.25, 0.3) is 0 Å². The fourth-order valence-corrected chi connectivity index (χ4v) is 2.57. The zero-order valence-corrected chi connectivity index (χ0v) is 13.4. The van der Waals surface area contributed by atoms with Gasteiger partial charge in [-0.05, 0) is 24.3 Å². The van der Waals surface area contributed by atoms with Crippen LogP contribution in [0.2, 0.25) is 0 Å². The fraction of sp³-hybridized carbons (Fsp3) is 0.438. The van der Waals surface area contributed by atoms with Crippen molar-refractivity contribution < 1.29 is 19.1 Å². The van der Waals surface area contributed by atoms with Gasteiger partial charge in [-0.15, -0.1) is 0 Å². The van der Waals surface area contributed by atoms with Gasteiger partial charge < -0.3 is 19.7 Å². The van der Waals surface area contributed by atoms with Gasteiger partial charge in [0, 0.05) is 18.8 Å². The summed E-state index contributed by atoms with van der Waals surface area (Å²) in [6.45, 7) is 2.59. The molecule has 2 amide bonds. The van der Waals surface area contributed by atoms with Crippen molar-refractivity contribution >= 4 is 23.5 Å². The van der Waals surface area contributed by atoms with E-state index >= 15 is 0 Å². The molecule has 0 bridgehead atoms. The van der Waals surface area contributed by atoms with Crippen LogP contribution in [0.5, 0.6) is 5.75 Å². The van der Waals surface area contributed by atoms with Gasteiger partial charge in [-0.3, -0.25) is 14.9 Å². The van der Waals surface area contributed by atoms with Crippen molar-refractivity contribution in [3.8, 4) is 5.75 Å². The molecular formula is C16H20N4O4. The Kier molecular flexibility index (Phi) is 4.95. The number of anilines is 1. The van der Waals surface area contributed by atoms with Gasteiger partial charge in [0.05, 0.1) is 26.7 Å². The standard InChI is InChI=1S/C16H20N4O4/c1-23-12-4-2-11(3-5-12)17-14(21)10-13-15(22)19-16(18-13)20-6-8-24-9-7-20/h2-5,13H,6-10H2,1H3,(H,17,21)(H,18,19,22)/t13-/m1/s1. The number of carbonyl (C=O) groups excluding carboxylic acids is 2. The lowest BCUT2D eigenvalue weighted by Gasteiger charge is -2.27. The van der Waals surface area contributed by atoms with Crippen molar-refractivity contribution in [3.05, 3.63) is 24.3 Å². The van der Waals surface area contributed by atoms with E-state index in [9.17, 15) is 9.59 Å². The van der Waals surface area contributed by atoms with Crippen molar-refractivity contribution in [2.45, 2.75) is 12.5 Å². The summed E-state index contributed by atoms with van der Waals surface area (Å²) in [5.41, 5.74) is 0.650. The first-order valence-corrected chi connectivity index (χ1v) is 7.81. The Morgan fingerprint density at radius 3 is 2.75 bits per heavy atom. The Morgan fingerprint density at radius 2 is 2.08 bits per heavy atom. The minimum atomic E-state index is -0.693. The number of hydrogen-bond acceptors (Lipinski definition) is 6. The number of ether oxygens (including phenoxy) is 2. The summed E-state index contributed by atoms with van der Waals surface area (Å²) in [6, 6.07) is 6.31.